The number of Topliss-reactive ketones (excluding diaryl/α,β-unsaturated/α-hetero) is 1. The highest BCUT2D eigenvalue weighted by molar-refractivity contribution is 5.97. The van der Waals surface area contributed by atoms with Crippen LogP contribution in [0.15, 0.2) is 53.6 Å². The van der Waals surface area contributed by atoms with Gasteiger partial charge in [0.25, 0.3) is 5.56 Å². The number of morpholine rings is 1. The van der Waals surface area contributed by atoms with Crippen molar-refractivity contribution in [1.29, 1.82) is 0 Å². The number of aromatic nitrogens is 4. The molecule has 0 amide bonds. The molecule has 1 atom stereocenters. The average Bonchev–Trinajstić information content (AvgIpc) is 3.44. The van der Waals surface area contributed by atoms with E-state index in [1.807, 2.05) is 60.4 Å². The van der Waals surface area contributed by atoms with Gasteiger partial charge in [0.05, 0.1) is 30.2 Å². The van der Waals surface area contributed by atoms with E-state index in [0.29, 0.717) is 31.1 Å². The molecule has 0 spiro atoms. The highest BCUT2D eigenvalue weighted by Gasteiger charge is 2.30. The van der Waals surface area contributed by atoms with Crippen LogP contribution < -0.4 is 10.5 Å². The molecule has 2 aromatic carbocycles. The van der Waals surface area contributed by atoms with Crippen molar-refractivity contribution in [2.75, 3.05) is 31.2 Å². The fourth-order valence-corrected chi connectivity index (χ4v) is 5.49. The van der Waals surface area contributed by atoms with Crippen LogP contribution in [0.3, 0.4) is 0 Å². The minimum absolute atomic E-state index is 0.00462. The predicted molar refractivity (Wildman–Crippen MR) is 134 cm³/mol. The number of hydrogen-bond donors (Lipinski definition) is 0. The molecule has 1 fully saturated rings. The van der Waals surface area contributed by atoms with Crippen molar-refractivity contribution in [3.8, 4) is 11.1 Å². The number of nitrogens with zero attached hydrogens (tertiary/aromatic N) is 5. The third-order valence-electron chi connectivity index (χ3n) is 7.16. The fourth-order valence-electron chi connectivity index (χ4n) is 5.49. The van der Waals surface area contributed by atoms with Crippen LogP contribution in [0.25, 0.3) is 22.0 Å². The first kappa shape index (κ1) is 21.7. The highest BCUT2D eigenvalue weighted by Crippen LogP contribution is 2.35. The molecule has 178 valence electrons. The number of anilines is 1. The molecule has 4 heterocycles. The van der Waals surface area contributed by atoms with Gasteiger partial charge in [0, 0.05) is 43.2 Å². The Bertz CT molecular complexity index is 1500. The quantitative estimate of drug-likeness (QED) is 0.425. The van der Waals surface area contributed by atoms with Gasteiger partial charge < -0.3 is 9.64 Å². The largest absolute Gasteiger partial charge is 0.378 e. The van der Waals surface area contributed by atoms with E-state index in [0.717, 1.165) is 52.8 Å². The summed E-state index contributed by atoms with van der Waals surface area (Å²) in [7, 11) is 0. The second-order valence-corrected chi connectivity index (χ2v) is 9.28. The van der Waals surface area contributed by atoms with Crippen LogP contribution in [0.2, 0.25) is 0 Å². The lowest BCUT2D eigenvalue weighted by molar-refractivity contribution is 0.101. The topological polar surface area (TPSA) is 82.2 Å². The number of benzene rings is 2. The summed E-state index contributed by atoms with van der Waals surface area (Å²) in [6.07, 6.45) is 4.45. The van der Waals surface area contributed by atoms with E-state index in [4.69, 9.17) is 4.74 Å². The molecule has 0 radical (unpaired) electrons. The molecule has 0 aliphatic carbocycles. The zero-order valence-electron chi connectivity index (χ0n) is 19.9. The Labute approximate surface area is 202 Å². The summed E-state index contributed by atoms with van der Waals surface area (Å²) in [5.41, 5.74) is 5.41. The molecule has 4 aromatic rings. The van der Waals surface area contributed by atoms with Gasteiger partial charge in [-0.05, 0) is 49.1 Å². The number of hydrogen-bond acceptors (Lipinski definition) is 6. The van der Waals surface area contributed by atoms with Crippen LogP contribution in [0, 0.1) is 6.92 Å². The van der Waals surface area contributed by atoms with Crippen LogP contribution in [0.1, 0.15) is 40.9 Å². The predicted octanol–water partition coefficient (Wildman–Crippen LogP) is 3.60. The highest BCUT2D eigenvalue weighted by atomic mass is 16.5. The number of rotatable bonds is 4. The molecule has 1 saturated heterocycles. The Morgan fingerprint density at radius 1 is 1.03 bits per heavy atom. The minimum atomic E-state index is -0.0748. The standard InChI is InChI=1S/C27H27N5O3/c1-17-4-3-5-21(25(17)18(2)33)23-8-9-31-26(34)22-7-6-19(14-24(22)32(23)31)20-15-28-27(29-16-20)30-10-12-35-13-11-30/h3-7,14-16,23H,8-13H2,1-2H3. The maximum absolute atomic E-state index is 13.2. The van der Waals surface area contributed by atoms with E-state index in [-0.39, 0.29) is 17.4 Å². The second-order valence-electron chi connectivity index (χ2n) is 9.28. The first-order valence-corrected chi connectivity index (χ1v) is 12.0. The lowest BCUT2D eigenvalue weighted by Gasteiger charge is -2.26. The summed E-state index contributed by atoms with van der Waals surface area (Å²) in [6.45, 7) is 7.14. The van der Waals surface area contributed by atoms with E-state index in [9.17, 15) is 9.59 Å². The normalized spacial score (nSPS) is 17.7. The number of fused-ring (bicyclic) bond motifs is 3. The molecule has 2 aliphatic heterocycles. The zero-order chi connectivity index (χ0) is 24.1. The van der Waals surface area contributed by atoms with Crippen molar-refractivity contribution in [3.63, 3.8) is 0 Å². The summed E-state index contributed by atoms with van der Waals surface area (Å²) in [6, 6.07) is 11.8. The Morgan fingerprint density at radius 2 is 1.80 bits per heavy atom. The molecule has 8 nitrogen and oxygen atoms in total. The van der Waals surface area contributed by atoms with Crippen molar-refractivity contribution in [3.05, 3.63) is 75.8 Å². The van der Waals surface area contributed by atoms with Gasteiger partial charge in [-0.3, -0.25) is 14.3 Å². The number of ketones is 1. The molecule has 0 N–H and O–H groups in total. The molecule has 35 heavy (non-hydrogen) atoms. The van der Waals surface area contributed by atoms with Gasteiger partial charge in [0.1, 0.15) is 0 Å². The maximum atomic E-state index is 13.2. The minimum Gasteiger partial charge on any atom is -0.378 e. The summed E-state index contributed by atoms with van der Waals surface area (Å²) in [5, 5.41) is 0.682. The molecular formula is C27H27N5O3. The van der Waals surface area contributed by atoms with Gasteiger partial charge in [-0.25, -0.2) is 14.6 Å². The van der Waals surface area contributed by atoms with Crippen LogP contribution in [0.5, 0.6) is 0 Å². The number of carbonyl (C=O) groups excluding carboxylic acids is 1. The molecule has 1 unspecified atom stereocenters. The SMILES string of the molecule is CC(=O)c1c(C)cccc1C1CCn2c(=O)c3ccc(-c4cnc(N5CCOCC5)nc4)cc3n21. The van der Waals surface area contributed by atoms with Crippen LogP contribution in [-0.2, 0) is 11.3 Å². The zero-order valence-corrected chi connectivity index (χ0v) is 19.9. The van der Waals surface area contributed by atoms with E-state index in [1.165, 1.54) is 0 Å². The molecule has 2 aliphatic rings. The molecule has 6 rings (SSSR count). The van der Waals surface area contributed by atoms with Crippen molar-refractivity contribution < 1.29 is 9.53 Å². The van der Waals surface area contributed by atoms with E-state index >= 15 is 0 Å². The van der Waals surface area contributed by atoms with Gasteiger partial charge in [-0.1, -0.05) is 24.3 Å². The number of ether oxygens (including phenoxy) is 1. The molecule has 8 heteroatoms. The summed E-state index contributed by atoms with van der Waals surface area (Å²) in [4.78, 5) is 37.0. The van der Waals surface area contributed by atoms with Crippen molar-refractivity contribution >= 4 is 22.6 Å². The van der Waals surface area contributed by atoms with Crippen molar-refractivity contribution in [2.45, 2.75) is 32.9 Å². The summed E-state index contributed by atoms with van der Waals surface area (Å²) >= 11 is 0. The van der Waals surface area contributed by atoms with Gasteiger partial charge >= 0.3 is 0 Å². The van der Waals surface area contributed by atoms with E-state index < -0.39 is 0 Å². The van der Waals surface area contributed by atoms with Gasteiger partial charge in [-0.2, -0.15) is 0 Å². The monoisotopic (exact) mass is 469 g/mol. The first-order valence-electron chi connectivity index (χ1n) is 12.0. The third kappa shape index (κ3) is 3.56. The van der Waals surface area contributed by atoms with Crippen LogP contribution >= 0.6 is 0 Å². The molecule has 0 saturated carbocycles. The van der Waals surface area contributed by atoms with E-state index in [1.54, 1.807) is 6.92 Å². The Hall–Kier alpha value is -3.78. The molecule has 0 bridgehead atoms. The smallest absolute Gasteiger partial charge is 0.274 e. The van der Waals surface area contributed by atoms with Gasteiger partial charge in [0.15, 0.2) is 5.78 Å². The Morgan fingerprint density at radius 3 is 2.54 bits per heavy atom. The first-order chi connectivity index (χ1) is 17.0. The van der Waals surface area contributed by atoms with Gasteiger partial charge in [0.2, 0.25) is 5.95 Å². The molecule has 2 aromatic heterocycles. The van der Waals surface area contributed by atoms with E-state index in [2.05, 4.69) is 19.5 Å². The fraction of sp³-hybridized carbons (Fsp3) is 0.333. The van der Waals surface area contributed by atoms with Crippen molar-refractivity contribution in [1.82, 2.24) is 19.3 Å². The average molecular weight is 470 g/mol. The lowest BCUT2D eigenvalue weighted by atomic mass is 9.92. The third-order valence-corrected chi connectivity index (χ3v) is 7.16. The maximum Gasteiger partial charge on any atom is 0.274 e. The Kier molecular flexibility index (Phi) is 5.25. The number of aryl methyl sites for hydroxylation is 1. The summed E-state index contributed by atoms with van der Waals surface area (Å²) < 4.78 is 9.30. The lowest BCUT2D eigenvalue weighted by Crippen LogP contribution is -2.37. The van der Waals surface area contributed by atoms with Gasteiger partial charge in [-0.15, -0.1) is 0 Å². The Balaban J connectivity index is 1.43. The van der Waals surface area contributed by atoms with Crippen LogP contribution in [-0.4, -0.2) is 51.4 Å². The van der Waals surface area contributed by atoms with Crippen LogP contribution in [0.4, 0.5) is 5.95 Å². The summed E-state index contributed by atoms with van der Waals surface area (Å²) in [5.74, 6) is 0.754. The van der Waals surface area contributed by atoms with Crippen molar-refractivity contribution in [2.24, 2.45) is 0 Å². The second kappa shape index (κ2) is 8.46. The number of carbonyl (C=O) groups is 1. The molecular weight excluding hydrogens is 442 g/mol.